The Morgan fingerprint density at radius 3 is 2.71 bits per heavy atom. The summed E-state index contributed by atoms with van der Waals surface area (Å²) in [5.74, 6) is -0.0614. The third kappa shape index (κ3) is 2.16. The predicted octanol–water partition coefficient (Wildman–Crippen LogP) is 1.07. The molecule has 0 aliphatic carbocycles. The van der Waals surface area contributed by atoms with Gasteiger partial charge in [0.1, 0.15) is 12.2 Å². The molecule has 0 fully saturated rings. The zero-order chi connectivity index (χ0) is 15.0. The minimum Gasteiger partial charge on any atom is -0.399 e. The molecule has 1 aromatic carbocycles. The number of anilines is 1. The van der Waals surface area contributed by atoms with Gasteiger partial charge in [-0.25, -0.2) is 9.67 Å². The molecule has 108 valence electrons. The zero-order valence-corrected chi connectivity index (χ0v) is 11.6. The SMILES string of the molecule is CCCn1ncnc1CN1C(=O)c2ccc(N)cc2C1=O. The van der Waals surface area contributed by atoms with Crippen LogP contribution >= 0.6 is 0 Å². The Morgan fingerprint density at radius 1 is 1.19 bits per heavy atom. The van der Waals surface area contributed by atoms with Crippen molar-refractivity contribution in [3.8, 4) is 0 Å². The lowest BCUT2D eigenvalue weighted by molar-refractivity contribution is 0.0636. The zero-order valence-electron chi connectivity index (χ0n) is 11.6. The maximum Gasteiger partial charge on any atom is 0.262 e. The van der Waals surface area contributed by atoms with E-state index in [9.17, 15) is 9.59 Å². The number of aryl methyl sites for hydroxylation is 1. The molecule has 0 saturated heterocycles. The lowest BCUT2D eigenvalue weighted by atomic mass is 10.1. The molecule has 0 spiro atoms. The van der Waals surface area contributed by atoms with Crippen LogP contribution in [0.15, 0.2) is 24.5 Å². The smallest absolute Gasteiger partial charge is 0.262 e. The fraction of sp³-hybridized carbons (Fsp3) is 0.286. The summed E-state index contributed by atoms with van der Waals surface area (Å²) in [6, 6.07) is 4.74. The topological polar surface area (TPSA) is 94.1 Å². The van der Waals surface area contributed by atoms with Crippen LogP contribution in [0.25, 0.3) is 0 Å². The molecule has 2 N–H and O–H groups in total. The Morgan fingerprint density at radius 2 is 1.95 bits per heavy atom. The molecule has 0 radical (unpaired) electrons. The van der Waals surface area contributed by atoms with Crippen molar-refractivity contribution in [2.75, 3.05) is 5.73 Å². The van der Waals surface area contributed by atoms with E-state index in [-0.39, 0.29) is 18.4 Å². The Bertz CT molecular complexity index is 722. The second-order valence-electron chi connectivity index (χ2n) is 4.90. The Balaban J connectivity index is 1.90. The van der Waals surface area contributed by atoms with Crippen LogP contribution in [-0.2, 0) is 13.1 Å². The van der Waals surface area contributed by atoms with Gasteiger partial charge >= 0.3 is 0 Å². The van der Waals surface area contributed by atoms with Crippen LogP contribution in [-0.4, -0.2) is 31.5 Å². The summed E-state index contributed by atoms with van der Waals surface area (Å²) in [5.41, 5.74) is 6.87. The number of nitrogens with zero attached hydrogens (tertiary/aromatic N) is 4. The summed E-state index contributed by atoms with van der Waals surface area (Å²) in [6.45, 7) is 2.84. The highest BCUT2D eigenvalue weighted by Gasteiger charge is 2.36. The van der Waals surface area contributed by atoms with E-state index in [1.165, 1.54) is 17.3 Å². The van der Waals surface area contributed by atoms with Gasteiger partial charge in [-0.15, -0.1) is 0 Å². The monoisotopic (exact) mass is 285 g/mol. The fourth-order valence-corrected chi connectivity index (χ4v) is 2.40. The first-order valence-corrected chi connectivity index (χ1v) is 6.74. The van der Waals surface area contributed by atoms with Crippen molar-refractivity contribution in [3.63, 3.8) is 0 Å². The fourth-order valence-electron chi connectivity index (χ4n) is 2.40. The molecule has 2 heterocycles. The number of carbonyl (C=O) groups is 2. The van der Waals surface area contributed by atoms with Crippen molar-refractivity contribution in [3.05, 3.63) is 41.5 Å². The van der Waals surface area contributed by atoms with Crippen molar-refractivity contribution in [2.24, 2.45) is 0 Å². The number of nitrogen functional groups attached to an aromatic ring is 1. The second-order valence-corrected chi connectivity index (χ2v) is 4.90. The third-order valence-electron chi connectivity index (χ3n) is 3.43. The number of benzene rings is 1. The molecule has 1 aromatic heterocycles. The van der Waals surface area contributed by atoms with Gasteiger partial charge in [0, 0.05) is 12.2 Å². The quantitative estimate of drug-likeness (QED) is 0.669. The molecule has 0 unspecified atom stereocenters. The summed E-state index contributed by atoms with van der Waals surface area (Å²) >= 11 is 0. The molecule has 0 bridgehead atoms. The van der Waals surface area contributed by atoms with E-state index < -0.39 is 0 Å². The highest BCUT2D eigenvalue weighted by Crippen LogP contribution is 2.25. The molecule has 2 aromatic rings. The lowest BCUT2D eigenvalue weighted by Gasteiger charge is -2.13. The first-order chi connectivity index (χ1) is 10.1. The van der Waals surface area contributed by atoms with E-state index in [0.29, 0.717) is 29.2 Å². The van der Waals surface area contributed by atoms with Crippen LogP contribution in [0.5, 0.6) is 0 Å². The van der Waals surface area contributed by atoms with E-state index in [1.807, 2.05) is 6.92 Å². The highest BCUT2D eigenvalue weighted by molar-refractivity contribution is 6.21. The number of fused-ring (bicyclic) bond motifs is 1. The standard InChI is InChI=1S/C14H15N5O2/c1-2-5-19-12(16-8-17-19)7-18-13(20)10-4-3-9(15)6-11(10)14(18)21/h3-4,6,8H,2,5,7,15H2,1H3. The number of imide groups is 1. The Hall–Kier alpha value is -2.70. The van der Waals surface area contributed by atoms with Gasteiger partial charge in [-0.2, -0.15) is 5.10 Å². The van der Waals surface area contributed by atoms with Crippen molar-refractivity contribution < 1.29 is 9.59 Å². The average molecular weight is 285 g/mol. The summed E-state index contributed by atoms with van der Waals surface area (Å²) in [4.78, 5) is 30.0. The lowest BCUT2D eigenvalue weighted by Crippen LogP contribution is -2.30. The van der Waals surface area contributed by atoms with Crippen LogP contribution < -0.4 is 5.73 Å². The molecular formula is C14H15N5O2. The molecular weight excluding hydrogens is 270 g/mol. The van der Waals surface area contributed by atoms with Crippen molar-refractivity contribution in [1.29, 1.82) is 0 Å². The number of amides is 2. The first kappa shape index (κ1) is 13.3. The largest absolute Gasteiger partial charge is 0.399 e. The molecule has 1 aliphatic heterocycles. The summed E-state index contributed by atoms with van der Waals surface area (Å²) in [7, 11) is 0. The molecule has 7 heteroatoms. The molecule has 1 aliphatic rings. The van der Waals surface area contributed by atoms with E-state index >= 15 is 0 Å². The Labute approximate surface area is 121 Å². The van der Waals surface area contributed by atoms with E-state index in [1.54, 1.807) is 16.8 Å². The number of aromatic nitrogens is 3. The summed E-state index contributed by atoms with van der Waals surface area (Å²) in [6.07, 6.45) is 2.33. The van der Waals surface area contributed by atoms with Gasteiger partial charge in [0.15, 0.2) is 0 Å². The summed E-state index contributed by atoms with van der Waals surface area (Å²) < 4.78 is 1.71. The van der Waals surface area contributed by atoms with Crippen LogP contribution in [0.1, 0.15) is 39.9 Å². The number of hydrogen-bond acceptors (Lipinski definition) is 5. The van der Waals surface area contributed by atoms with Crippen LogP contribution in [0.4, 0.5) is 5.69 Å². The van der Waals surface area contributed by atoms with Gasteiger partial charge in [-0.3, -0.25) is 14.5 Å². The van der Waals surface area contributed by atoms with Crippen LogP contribution in [0, 0.1) is 0 Å². The molecule has 0 saturated carbocycles. The van der Waals surface area contributed by atoms with E-state index in [0.717, 1.165) is 6.42 Å². The minimum absolute atomic E-state index is 0.117. The van der Waals surface area contributed by atoms with Gasteiger partial charge in [-0.05, 0) is 24.6 Å². The predicted molar refractivity (Wildman–Crippen MR) is 75.4 cm³/mol. The molecule has 2 amide bonds. The molecule has 7 nitrogen and oxygen atoms in total. The molecule has 21 heavy (non-hydrogen) atoms. The normalized spacial score (nSPS) is 13.9. The second kappa shape index (κ2) is 5.01. The van der Waals surface area contributed by atoms with Crippen LogP contribution in [0.2, 0.25) is 0 Å². The van der Waals surface area contributed by atoms with E-state index in [2.05, 4.69) is 10.1 Å². The molecule has 3 rings (SSSR count). The highest BCUT2D eigenvalue weighted by atomic mass is 16.2. The van der Waals surface area contributed by atoms with Crippen molar-refractivity contribution >= 4 is 17.5 Å². The molecule has 0 atom stereocenters. The maximum atomic E-state index is 12.3. The maximum absolute atomic E-state index is 12.3. The number of nitrogens with two attached hydrogens (primary N) is 1. The number of hydrogen-bond donors (Lipinski definition) is 1. The van der Waals surface area contributed by atoms with Crippen LogP contribution in [0.3, 0.4) is 0 Å². The van der Waals surface area contributed by atoms with Crippen molar-refractivity contribution in [1.82, 2.24) is 19.7 Å². The van der Waals surface area contributed by atoms with Gasteiger partial charge < -0.3 is 5.73 Å². The van der Waals surface area contributed by atoms with E-state index in [4.69, 9.17) is 5.73 Å². The number of rotatable bonds is 4. The van der Waals surface area contributed by atoms with Crippen molar-refractivity contribution in [2.45, 2.75) is 26.4 Å². The summed E-state index contributed by atoms with van der Waals surface area (Å²) in [5, 5.41) is 4.10. The van der Waals surface area contributed by atoms with Gasteiger partial charge in [-0.1, -0.05) is 6.92 Å². The minimum atomic E-state index is -0.339. The average Bonchev–Trinajstić information content (AvgIpc) is 2.99. The van der Waals surface area contributed by atoms with Gasteiger partial charge in [0.2, 0.25) is 0 Å². The number of carbonyl (C=O) groups excluding carboxylic acids is 2. The first-order valence-electron chi connectivity index (χ1n) is 6.74. The van der Waals surface area contributed by atoms with Gasteiger partial charge in [0.25, 0.3) is 11.8 Å². The van der Waals surface area contributed by atoms with Gasteiger partial charge in [0.05, 0.1) is 17.7 Å². The third-order valence-corrected chi connectivity index (χ3v) is 3.43. The Kier molecular flexibility index (Phi) is 3.17.